The van der Waals surface area contributed by atoms with Crippen LogP contribution in [0.5, 0.6) is 0 Å². The lowest BCUT2D eigenvalue weighted by atomic mass is 9.63. The molecule has 2 N–H and O–H groups in total. The van der Waals surface area contributed by atoms with Crippen molar-refractivity contribution in [2.45, 2.75) is 108 Å². The standard InChI is InChI=1S/C18H25NOS.C7H14O2/c19-13-15-8-7-14(12-15)4-1-5-16(20)18(9-3-10-18)17-6-2-11-21-17;1-2-3-4-5-6-7(8)9/h2,6,11,14-16,20H,1,3-5,7-10,12H2;2-6H2,1H3,(H,8,9). The number of aliphatic hydroxyl groups excluding tert-OH is 1. The van der Waals surface area contributed by atoms with Gasteiger partial charge in [0, 0.05) is 22.6 Å². The van der Waals surface area contributed by atoms with Crippen LogP contribution >= 0.6 is 11.3 Å². The first-order chi connectivity index (χ1) is 14.5. The highest BCUT2D eigenvalue weighted by molar-refractivity contribution is 7.10. The molecule has 0 spiro atoms. The monoisotopic (exact) mass is 433 g/mol. The zero-order valence-corrected chi connectivity index (χ0v) is 19.3. The predicted octanol–water partition coefficient (Wildman–Crippen LogP) is 6.68. The van der Waals surface area contributed by atoms with E-state index < -0.39 is 5.97 Å². The van der Waals surface area contributed by atoms with E-state index in [1.165, 1.54) is 30.6 Å². The van der Waals surface area contributed by atoms with Gasteiger partial charge in [-0.25, -0.2) is 0 Å². The highest BCUT2D eigenvalue weighted by atomic mass is 32.1. The van der Waals surface area contributed by atoms with Crippen molar-refractivity contribution < 1.29 is 15.0 Å². The molecule has 0 aliphatic heterocycles. The molecule has 0 amide bonds. The van der Waals surface area contributed by atoms with Gasteiger partial charge in [-0.05, 0) is 62.3 Å². The fourth-order valence-electron chi connectivity index (χ4n) is 4.90. The Bertz CT molecular complexity index is 648. The molecule has 3 unspecified atom stereocenters. The van der Waals surface area contributed by atoms with Crippen LogP contribution in [0.2, 0.25) is 0 Å². The third-order valence-electron chi connectivity index (χ3n) is 6.95. The molecule has 0 radical (unpaired) electrons. The second kappa shape index (κ2) is 13.1. The van der Waals surface area contributed by atoms with Crippen molar-refractivity contribution in [1.82, 2.24) is 0 Å². The fraction of sp³-hybridized carbons (Fsp3) is 0.760. The molecule has 5 heteroatoms. The quantitative estimate of drug-likeness (QED) is 0.381. The molecule has 2 aliphatic rings. The minimum atomic E-state index is -0.675. The van der Waals surface area contributed by atoms with Crippen molar-refractivity contribution in [3.05, 3.63) is 22.4 Å². The summed E-state index contributed by atoms with van der Waals surface area (Å²) in [5.74, 6) is 0.344. The Morgan fingerprint density at radius 1 is 1.30 bits per heavy atom. The first-order valence-corrected chi connectivity index (χ1v) is 12.7. The Morgan fingerprint density at radius 3 is 2.63 bits per heavy atom. The lowest BCUT2D eigenvalue weighted by Crippen LogP contribution is -2.44. The van der Waals surface area contributed by atoms with Gasteiger partial charge in [0.05, 0.1) is 12.2 Å². The summed E-state index contributed by atoms with van der Waals surface area (Å²) >= 11 is 1.80. The highest BCUT2D eigenvalue weighted by Gasteiger charge is 2.45. The topological polar surface area (TPSA) is 81.3 Å². The molecule has 1 heterocycles. The van der Waals surface area contributed by atoms with E-state index in [4.69, 9.17) is 10.4 Å². The molecular weight excluding hydrogens is 394 g/mol. The second-order valence-electron chi connectivity index (χ2n) is 9.14. The molecule has 30 heavy (non-hydrogen) atoms. The predicted molar refractivity (Wildman–Crippen MR) is 123 cm³/mol. The van der Waals surface area contributed by atoms with Gasteiger partial charge in [0.15, 0.2) is 0 Å². The number of nitriles is 1. The van der Waals surface area contributed by atoms with E-state index in [1.807, 2.05) is 0 Å². The summed E-state index contributed by atoms with van der Waals surface area (Å²) in [4.78, 5) is 11.3. The van der Waals surface area contributed by atoms with Gasteiger partial charge in [-0.3, -0.25) is 4.79 Å². The first kappa shape index (κ1) is 24.9. The lowest BCUT2D eigenvalue weighted by molar-refractivity contribution is -0.137. The number of aliphatic hydroxyl groups is 1. The van der Waals surface area contributed by atoms with Crippen molar-refractivity contribution >= 4 is 17.3 Å². The maximum absolute atomic E-state index is 10.7. The lowest BCUT2D eigenvalue weighted by Gasteiger charge is -2.45. The number of aliphatic carboxylic acids is 1. The summed E-state index contributed by atoms with van der Waals surface area (Å²) < 4.78 is 0. The van der Waals surface area contributed by atoms with Crippen LogP contribution in [0.15, 0.2) is 17.5 Å². The van der Waals surface area contributed by atoms with Crippen LogP contribution in [0, 0.1) is 23.2 Å². The molecule has 0 aromatic carbocycles. The Balaban J connectivity index is 0.000000303. The Kier molecular flexibility index (Phi) is 10.9. The third-order valence-corrected chi connectivity index (χ3v) is 8.04. The highest BCUT2D eigenvalue weighted by Crippen LogP contribution is 2.49. The number of hydrogen-bond acceptors (Lipinski definition) is 4. The number of hydrogen-bond donors (Lipinski definition) is 2. The van der Waals surface area contributed by atoms with Gasteiger partial charge in [-0.2, -0.15) is 5.26 Å². The van der Waals surface area contributed by atoms with Crippen LogP contribution in [0.3, 0.4) is 0 Å². The molecule has 2 saturated carbocycles. The van der Waals surface area contributed by atoms with Crippen LogP contribution < -0.4 is 0 Å². The van der Waals surface area contributed by atoms with Crippen LogP contribution in [-0.2, 0) is 10.2 Å². The summed E-state index contributed by atoms with van der Waals surface area (Å²) in [7, 11) is 0. The van der Waals surface area contributed by atoms with E-state index >= 15 is 0 Å². The van der Waals surface area contributed by atoms with Gasteiger partial charge in [0.1, 0.15) is 0 Å². The Labute approximate surface area is 186 Å². The van der Waals surface area contributed by atoms with E-state index in [0.717, 1.165) is 63.7 Å². The summed E-state index contributed by atoms with van der Waals surface area (Å²) in [6.45, 7) is 2.11. The van der Waals surface area contributed by atoms with Gasteiger partial charge in [0.2, 0.25) is 0 Å². The van der Waals surface area contributed by atoms with E-state index in [2.05, 4.69) is 30.5 Å². The summed E-state index contributed by atoms with van der Waals surface area (Å²) in [6.07, 6.45) is 14.5. The van der Waals surface area contributed by atoms with E-state index in [0.29, 0.717) is 12.3 Å². The number of carboxylic acids is 1. The molecule has 3 atom stereocenters. The Hall–Kier alpha value is -1.38. The van der Waals surface area contributed by atoms with Crippen LogP contribution in [0.25, 0.3) is 0 Å². The van der Waals surface area contributed by atoms with Crippen LogP contribution in [0.1, 0.15) is 102 Å². The number of unbranched alkanes of at least 4 members (excludes halogenated alkanes) is 3. The normalized spacial score (nSPS) is 23.0. The van der Waals surface area contributed by atoms with Gasteiger partial charge >= 0.3 is 5.97 Å². The van der Waals surface area contributed by atoms with Gasteiger partial charge in [-0.15, -0.1) is 11.3 Å². The van der Waals surface area contributed by atoms with E-state index in [9.17, 15) is 9.90 Å². The summed E-state index contributed by atoms with van der Waals surface area (Å²) in [6, 6.07) is 6.71. The van der Waals surface area contributed by atoms with Gasteiger partial charge < -0.3 is 10.2 Å². The van der Waals surface area contributed by atoms with Crippen molar-refractivity contribution in [3.8, 4) is 6.07 Å². The molecule has 2 aliphatic carbocycles. The zero-order valence-electron chi connectivity index (χ0n) is 18.5. The molecule has 2 fully saturated rings. The van der Waals surface area contributed by atoms with Crippen molar-refractivity contribution in [3.63, 3.8) is 0 Å². The molecule has 0 bridgehead atoms. The molecule has 4 nitrogen and oxygen atoms in total. The van der Waals surface area contributed by atoms with Crippen LogP contribution in [-0.4, -0.2) is 22.3 Å². The molecule has 0 saturated heterocycles. The fourth-order valence-corrected chi connectivity index (χ4v) is 5.93. The number of rotatable bonds is 11. The third kappa shape index (κ3) is 7.39. The van der Waals surface area contributed by atoms with Crippen molar-refractivity contribution in [1.29, 1.82) is 5.26 Å². The summed E-state index contributed by atoms with van der Waals surface area (Å²) in [5.41, 5.74) is 0.0685. The number of thiophene rings is 1. The van der Waals surface area contributed by atoms with Crippen molar-refractivity contribution in [2.24, 2.45) is 11.8 Å². The number of carboxylic acid groups (broad SMARTS) is 1. The number of carbonyl (C=O) groups is 1. The smallest absolute Gasteiger partial charge is 0.303 e. The maximum atomic E-state index is 10.7. The minimum absolute atomic E-state index is 0.0685. The first-order valence-electron chi connectivity index (χ1n) is 11.8. The molecule has 168 valence electrons. The molecule has 1 aromatic rings. The largest absolute Gasteiger partial charge is 0.481 e. The maximum Gasteiger partial charge on any atom is 0.303 e. The van der Waals surface area contributed by atoms with Gasteiger partial charge in [-0.1, -0.05) is 51.5 Å². The average molecular weight is 434 g/mol. The molecule has 3 rings (SSSR count). The van der Waals surface area contributed by atoms with E-state index in [1.54, 1.807) is 11.3 Å². The summed E-state index contributed by atoms with van der Waals surface area (Å²) in [5, 5.41) is 30.0. The van der Waals surface area contributed by atoms with E-state index in [-0.39, 0.29) is 11.5 Å². The average Bonchev–Trinajstić information content (AvgIpc) is 3.37. The van der Waals surface area contributed by atoms with Gasteiger partial charge in [0.25, 0.3) is 0 Å². The number of nitrogens with zero attached hydrogens (tertiary/aromatic N) is 1. The Morgan fingerprint density at radius 2 is 2.10 bits per heavy atom. The second-order valence-corrected chi connectivity index (χ2v) is 10.1. The molecular formula is C25H39NO3S. The minimum Gasteiger partial charge on any atom is -0.481 e. The van der Waals surface area contributed by atoms with Crippen molar-refractivity contribution in [2.75, 3.05) is 0 Å². The SMILES string of the molecule is CCCCCCC(=O)O.N#CC1CCC(CCCC(O)C2(c3cccs3)CCC2)C1. The molecule has 1 aromatic heterocycles. The zero-order chi connectivity index (χ0) is 21.8. The van der Waals surface area contributed by atoms with Crippen LogP contribution in [0.4, 0.5) is 0 Å².